The monoisotopic (exact) mass is 447 g/mol. The molecule has 10 heteroatoms. The van der Waals surface area contributed by atoms with Crippen molar-refractivity contribution in [1.29, 1.82) is 5.26 Å². The van der Waals surface area contributed by atoms with E-state index in [9.17, 15) is 37.8 Å². The number of halogens is 4. The third kappa shape index (κ3) is 3.17. The molecule has 2 aromatic carbocycles. The van der Waals surface area contributed by atoms with Crippen molar-refractivity contribution in [3.8, 4) is 11.8 Å². The predicted molar refractivity (Wildman–Crippen MR) is 108 cm³/mol. The Balaban J connectivity index is 1.95. The Kier molecular flexibility index (Phi) is 4.90. The number of hydrogen-bond acceptors (Lipinski definition) is 5. The summed E-state index contributed by atoms with van der Waals surface area (Å²) in [5.41, 5.74) is -4.01. The molecule has 0 radical (unpaired) electrons. The van der Waals surface area contributed by atoms with Gasteiger partial charge in [0.2, 0.25) is 5.56 Å². The summed E-state index contributed by atoms with van der Waals surface area (Å²) >= 11 is 0. The van der Waals surface area contributed by atoms with Gasteiger partial charge in [-0.2, -0.15) is 18.4 Å². The van der Waals surface area contributed by atoms with Crippen LogP contribution in [0.25, 0.3) is 10.9 Å². The molecule has 166 valence electrons. The largest absolute Gasteiger partial charge is 0.506 e. The Bertz CT molecular complexity index is 1330. The van der Waals surface area contributed by atoms with Gasteiger partial charge in [0.1, 0.15) is 17.6 Å². The van der Waals surface area contributed by atoms with E-state index < -0.39 is 47.3 Å². The molecule has 3 aromatic rings. The molecule has 0 spiro atoms. The van der Waals surface area contributed by atoms with Crippen LogP contribution in [0.4, 0.5) is 23.2 Å². The molecule has 0 amide bonds. The number of aromatic nitrogens is 1. The number of nitrogens with one attached hydrogen (secondary N) is 2. The maximum absolute atomic E-state index is 14.2. The van der Waals surface area contributed by atoms with Crippen molar-refractivity contribution in [2.75, 3.05) is 5.32 Å². The molecule has 6 nitrogen and oxygen atoms in total. The summed E-state index contributed by atoms with van der Waals surface area (Å²) in [5.74, 6) is -2.13. The van der Waals surface area contributed by atoms with E-state index >= 15 is 0 Å². The quantitative estimate of drug-likeness (QED) is 0.441. The normalized spacial score (nSPS) is 22.9. The highest BCUT2D eigenvalue weighted by Gasteiger charge is 2.62. The van der Waals surface area contributed by atoms with Crippen LogP contribution in [-0.4, -0.2) is 27.0 Å². The molecule has 0 saturated carbocycles. The van der Waals surface area contributed by atoms with E-state index in [1.54, 1.807) is 6.07 Å². The van der Waals surface area contributed by atoms with E-state index in [-0.39, 0.29) is 33.3 Å². The average molecular weight is 447 g/mol. The summed E-state index contributed by atoms with van der Waals surface area (Å²) in [6, 6.07) is 6.98. The van der Waals surface area contributed by atoms with Gasteiger partial charge in [0.15, 0.2) is 5.60 Å². The van der Waals surface area contributed by atoms with Gasteiger partial charge in [0.05, 0.1) is 17.1 Å². The minimum Gasteiger partial charge on any atom is -0.506 e. The van der Waals surface area contributed by atoms with Gasteiger partial charge in [-0.15, -0.1) is 0 Å². The van der Waals surface area contributed by atoms with E-state index in [0.717, 1.165) is 12.1 Å². The first-order chi connectivity index (χ1) is 15.0. The van der Waals surface area contributed by atoms with E-state index in [0.29, 0.717) is 0 Å². The molecule has 1 aromatic heterocycles. The van der Waals surface area contributed by atoms with Gasteiger partial charge in [-0.25, -0.2) is 4.39 Å². The first-order valence-electron chi connectivity index (χ1n) is 9.61. The van der Waals surface area contributed by atoms with Crippen molar-refractivity contribution in [1.82, 2.24) is 4.98 Å². The Morgan fingerprint density at radius 3 is 2.59 bits per heavy atom. The molecule has 32 heavy (non-hydrogen) atoms. The third-order valence-electron chi connectivity index (χ3n) is 5.90. The first kappa shape index (κ1) is 21.6. The van der Waals surface area contributed by atoms with Crippen LogP contribution in [0.5, 0.6) is 5.75 Å². The van der Waals surface area contributed by atoms with Gasteiger partial charge in [0.25, 0.3) is 0 Å². The highest BCUT2D eigenvalue weighted by molar-refractivity contribution is 5.91. The van der Waals surface area contributed by atoms with Crippen LogP contribution in [0, 0.1) is 17.1 Å². The van der Waals surface area contributed by atoms with Crippen molar-refractivity contribution in [2.24, 2.45) is 0 Å². The Morgan fingerprint density at radius 1 is 1.22 bits per heavy atom. The summed E-state index contributed by atoms with van der Waals surface area (Å²) in [5, 5.41) is 33.3. The van der Waals surface area contributed by atoms with Crippen LogP contribution in [0.3, 0.4) is 0 Å². The fourth-order valence-corrected chi connectivity index (χ4v) is 4.40. The van der Waals surface area contributed by atoms with Gasteiger partial charge in [-0.05, 0) is 42.2 Å². The van der Waals surface area contributed by atoms with E-state index in [2.05, 4.69) is 10.3 Å². The lowest BCUT2D eigenvalue weighted by Gasteiger charge is -2.45. The van der Waals surface area contributed by atoms with Crippen LogP contribution >= 0.6 is 0 Å². The fourth-order valence-electron chi connectivity index (χ4n) is 4.40. The van der Waals surface area contributed by atoms with Gasteiger partial charge in [0, 0.05) is 22.7 Å². The number of nitrogens with zero attached hydrogens (tertiary/aromatic N) is 1. The summed E-state index contributed by atoms with van der Waals surface area (Å²) in [4.78, 5) is 13.9. The molecule has 4 rings (SSSR count). The van der Waals surface area contributed by atoms with E-state index in [1.807, 2.05) is 0 Å². The molecule has 0 aliphatic heterocycles. The first-order valence-corrected chi connectivity index (χ1v) is 9.61. The zero-order chi connectivity index (χ0) is 23.4. The Hall–Kier alpha value is -3.58. The molecule has 3 unspecified atom stereocenters. The second-order valence-electron chi connectivity index (χ2n) is 7.89. The zero-order valence-corrected chi connectivity index (χ0v) is 16.6. The predicted octanol–water partition coefficient (Wildman–Crippen LogP) is 4.20. The van der Waals surface area contributed by atoms with Crippen LogP contribution in [0.1, 0.15) is 42.0 Å². The number of fused-ring (bicyclic) bond motifs is 2. The number of phenolic OH excluding ortho intramolecular Hbond substituents is 1. The van der Waals surface area contributed by atoms with Gasteiger partial charge in [-0.3, -0.25) is 4.79 Å². The number of benzene rings is 2. The Labute approximate surface area is 178 Å². The molecule has 3 atom stereocenters. The number of anilines is 1. The second kappa shape index (κ2) is 7.24. The highest BCUT2D eigenvalue weighted by atomic mass is 19.4. The SMILES string of the molecule is CC1CC(O)(C(F)(F)F)C(Nc2ccc(F)c3[nH]c(=O)ccc23)c2ccc(C#N)c(O)c21. The molecule has 0 saturated heterocycles. The summed E-state index contributed by atoms with van der Waals surface area (Å²) < 4.78 is 56.5. The maximum atomic E-state index is 14.2. The van der Waals surface area contributed by atoms with E-state index in [1.165, 1.54) is 31.2 Å². The number of pyridine rings is 1. The molecule has 1 aliphatic carbocycles. The number of hydrogen-bond donors (Lipinski definition) is 4. The molecule has 1 heterocycles. The van der Waals surface area contributed by atoms with Crippen molar-refractivity contribution in [3.63, 3.8) is 0 Å². The number of phenols is 1. The van der Waals surface area contributed by atoms with Crippen molar-refractivity contribution >= 4 is 16.6 Å². The van der Waals surface area contributed by atoms with Gasteiger partial charge >= 0.3 is 6.18 Å². The van der Waals surface area contributed by atoms with Gasteiger partial charge in [-0.1, -0.05) is 13.0 Å². The number of nitriles is 1. The molecule has 0 bridgehead atoms. The minimum absolute atomic E-state index is 0.0367. The fraction of sp³-hybridized carbons (Fsp3) is 0.273. The number of aliphatic hydroxyl groups is 1. The smallest absolute Gasteiger partial charge is 0.419 e. The molecule has 4 N–H and O–H groups in total. The molecular formula is C22H17F4N3O3. The lowest BCUT2D eigenvalue weighted by molar-refractivity contribution is -0.272. The lowest BCUT2D eigenvalue weighted by atomic mass is 9.70. The number of aromatic hydroxyl groups is 1. The average Bonchev–Trinajstić information content (AvgIpc) is 2.71. The minimum atomic E-state index is -5.05. The highest BCUT2D eigenvalue weighted by Crippen LogP contribution is 2.54. The lowest BCUT2D eigenvalue weighted by Crippen LogP contribution is -2.55. The van der Waals surface area contributed by atoms with Crippen LogP contribution in [0.15, 0.2) is 41.2 Å². The number of aromatic amines is 1. The van der Waals surface area contributed by atoms with Crippen LogP contribution in [0.2, 0.25) is 0 Å². The van der Waals surface area contributed by atoms with Crippen LogP contribution in [-0.2, 0) is 0 Å². The summed E-state index contributed by atoms with van der Waals surface area (Å²) in [7, 11) is 0. The van der Waals surface area contributed by atoms with Gasteiger partial charge < -0.3 is 20.5 Å². The summed E-state index contributed by atoms with van der Waals surface area (Å²) in [6.45, 7) is 1.42. The summed E-state index contributed by atoms with van der Waals surface area (Å²) in [6.07, 6.45) is -5.83. The Morgan fingerprint density at radius 2 is 1.94 bits per heavy atom. The standard InChI is InChI=1S/C22H17F4N3O3/c1-10-8-21(32,22(24,25)26)20(13-3-2-11(9-27)19(31)17(10)13)28-15-6-5-14(23)18-12(15)4-7-16(30)29-18/h2-7,10,20,28,31-32H,8H2,1H3,(H,29,30). The zero-order valence-electron chi connectivity index (χ0n) is 16.6. The number of alkyl halides is 3. The molecular weight excluding hydrogens is 430 g/mol. The van der Waals surface area contributed by atoms with Crippen LogP contribution < -0.4 is 10.9 Å². The third-order valence-corrected chi connectivity index (χ3v) is 5.90. The molecule has 0 fully saturated rings. The van der Waals surface area contributed by atoms with Crippen molar-refractivity contribution < 1.29 is 27.8 Å². The number of rotatable bonds is 2. The molecule has 1 aliphatic rings. The van der Waals surface area contributed by atoms with Crippen molar-refractivity contribution in [2.45, 2.75) is 37.1 Å². The maximum Gasteiger partial charge on any atom is 0.419 e. The van der Waals surface area contributed by atoms with Crippen molar-refractivity contribution in [3.05, 3.63) is 69.3 Å². The van der Waals surface area contributed by atoms with E-state index in [4.69, 9.17) is 0 Å². The second-order valence-corrected chi connectivity index (χ2v) is 7.89. The number of H-pyrrole nitrogens is 1. The topological polar surface area (TPSA) is 109 Å².